The fourth-order valence-electron chi connectivity index (χ4n) is 3.24. The van der Waals surface area contributed by atoms with Crippen LogP contribution in [0.25, 0.3) is 0 Å². The molecule has 0 aliphatic carbocycles. The summed E-state index contributed by atoms with van der Waals surface area (Å²) in [5.41, 5.74) is 2.16. The molecule has 128 valence electrons. The van der Waals surface area contributed by atoms with Gasteiger partial charge in [-0.2, -0.15) is 5.10 Å². The number of aromatic nitrogens is 3. The Bertz CT molecular complexity index is 709. The van der Waals surface area contributed by atoms with Gasteiger partial charge in [-0.05, 0) is 43.5 Å². The van der Waals surface area contributed by atoms with Gasteiger partial charge in [0.15, 0.2) is 0 Å². The maximum Gasteiger partial charge on any atom is 0.224 e. The van der Waals surface area contributed by atoms with Gasteiger partial charge in [-0.25, -0.2) is 4.98 Å². The van der Waals surface area contributed by atoms with Crippen LogP contribution in [0.1, 0.15) is 36.6 Å². The number of hydrogen-bond donors (Lipinski definition) is 0. The third kappa shape index (κ3) is 3.58. The highest BCUT2D eigenvalue weighted by Gasteiger charge is 2.29. The van der Waals surface area contributed by atoms with E-state index in [1.54, 1.807) is 0 Å². The van der Waals surface area contributed by atoms with E-state index in [0.717, 1.165) is 30.9 Å². The standard InChI is InChI=1S/C18H25N5O/c1-14-7-11-22(20-14)12-8-18(24)23-10-4-5-16(23)15-6-9-19-17(13-15)21(2)3/h6-7,9,11,13,16H,4-5,8,10,12H2,1-3H3. The monoisotopic (exact) mass is 327 g/mol. The van der Waals surface area contributed by atoms with Crippen molar-refractivity contribution < 1.29 is 4.79 Å². The Morgan fingerprint density at radius 2 is 2.21 bits per heavy atom. The lowest BCUT2D eigenvalue weighted by Crippen LogP contribution is -2.31. The molecule has 1 amide bonds. The molecule has 0 spiro atoms. The van der Waals surface area contributed by atoms with Gasteiger partial charge >= 0.3 is 0 Å². The predicted octanol–water partition coefficient (Wildman–Crippen LogP) is 2.41. The first-order valence-electron chi connectivity index (χ1n) is 8.47. The van der Waals surface area contributed by atoms with Crippen molar-refractivity contribution in [2.75, 3.05) is 25.5 Å². The minimum Gasteiger partial charge on any atom is -0.363 e. The summed E-state index contributed by atoms with van der Waals surface area (Å²) in [7, 11) is 3.96. The number of aryl methyl sites for hydroxylation is 2. The van der Waals surface area contributed by atoms with Crippen molar-refractivity contribution in [2.24, 2.45) is 0 Å². The summed E-state index contributed by atoms with van der Waals surface area (Å²) in [5, 5.41) is 4.35. The zero-order valence-corrected chi connectivity index (χ0v) is 14.6. The molecule has 1 aliphatic rings. The molecule has 2 aromatic rings. The quantitative estimate of drug-likeness (QED) is 0.846. The molecule has 3 heterocycles. The highest BCUT2D eigenvalue weighted by Crippen LogP contribution is 2.33. The third-order valence-corrected chi connectivity index (χ3v) is 4.51. The molecule has 3 rings (SSSR count). The van der Waals surface area contributed by atoms with Crippen LogP contribution in [0.3, 0.4) is 0 Å². The summed E-state index contributed by atoms with van der Waals surface area (Å²) >= 11 is 0. The predicted molar refractivity (Wildman–Crippen MR) is 93.8 cm³/mol. The lowest BCUT2D eigenvalue weighted by molar-refractivity contribution is -0.132. The van der Waals surface area contributed by atoms with Gasteiger partial charge in [0.25, 0.3) is 0 Å². The van der Waals surface area contributed by atoms with E-state index in [1.807, 2.05) is 60.0 Å². The fourth-order valence-corrected chi connectivity index (χ4v) is 3.24. The average Bonchev–Trinajstić information content (AvgIpc) is 3.21. The molecule has 6 heteroatoms. The van der Waals surface area contributed by atoms with E-state index in [2.05, 4.69) is 16.1 Å². The molecule has 2 aromatic heterocycles. The molecular formula is C18H25N5O. The number of carbonyl (C=O) groups is 1. The number of rotatable bonds is 5. The molecular weight excluding hydrogens is 302 g/mol. The Labute approximate surface area is 143 Å². The molecule has 1 fully saturated rings. The van der Waals surface area contributed by atoms with Crippen molar-refractivity contribution in [3.63, 3.8) is 0 Å². The van der Waals surface area contributed by atoms with Gasteiger partial charge in [0.2, 0.25) is 5.91 Å². The minimum atomic E-state index is 0.165. The van der Waals surface area contributed by atoms with E-state index < -0.39 is 0 Å². The lowest BCUT2D eigenvalue weighted by Gasteiger charge is -2.26. The van der Waals surface area contributed by atoms with Crippen molar-refractivity contribution in [2.45, 2.75) is 38.8 Å². The van der Waals surface area contributed by atoms with Crippen LogP contribution in [0.15, 0.2) is 30.6 Å². The van der Waals surface area contributed by atoms with E-state index >= 15 is 0 Å². The second kappa shape index (κ2) is 7.03. The topological polar surface area (TPSA) is 54.3 Å². The SMILES string of the molecule is Cc1ccn(CCC(=O)N2CCCC2c2ccnc(N(C)C)c2)n1. The molecule has 0 aromatic carbocycles. The Morgan fingerprint density at radius 1 is 1.38 bits per heavy atom. The first-order chi connectivity index (χ1) is 11.5. The van der Waals surface area contributed by atoms with Crippen LogP contribution < -0.4 is 4.90 Å². The number of carbonyl (C=O) groups excluding carboxylic acids is 1. The molecule has 0 N–H and O–H groups in total. The minimum absolute atomic E-state index is 0.165. The van der Waals surface area contributed by atoms with Crippen molar-refractivity contribution in [3.05, 3.63) is 41.9 Å². The molecule has 1 unspecified atom stereocenters. The molecule has 0 bridgehead atoms. The van der Waals surface area contributed by atoms with Crippen molar-refractivity contribution in [1.82, 2.24) is 19.7 Å². The Balaban J connectivity index is 1.68. The number of amides is 1. The summed E-state index contributed by atoms with van der Waals surface area (Å²) in [4.78, 5) is 21.1. The van der Waals surface area contributed by atoms with Crippen LogP contribution >= 0.6 is 0 Å². The van der Waals surface area contributed by atoms with Gasteiger partial charge in [-0.3, -0.25) is 9.48 Å². The van der Waals surface area contributed by atoms with E-state index in [-0.39, 0.29) is 11.9 Å². The smallest absolute Gasteiger partial charge is 0.224 e. The average molecular weight is 327 g/mol. The van der Waals surface area contributed by atoms with Crippen LogP contribution in [0.5, 0.6) is 0 Å². The Kier molecular flexibility index (Phi) is 4.83. The highest BCUT2D eigenvalue weighted by molar-refractivity contribution is 5.77. The summed E-state index contributed by atoms with van der Waals surface area (Å²) in [6.45, 7) is 3.43. The summed E-state index contributed by atoms with van der Waals surface area (Å²) < 4.78 is 1.84. The van der Waals surface area contributed by atoms with Crippen molar-refractivity contribution >= 4 is 11.7 Å². The lowest BCUT2D eigenvalue weighted by atomic mass is 10.1. The van der Waals surface area contributed by atoms with Gasteiger partial charge in [0.05, 0.1) is 11.7 Å². The molecule has 1 saturated heterocycles. The summed E-state index contributed by atoms with van der Waals surface area (Å²) in [6, 6.07) is 6.24. The van der Waals surface area contributed by atoms with Crippen LogP contribution in [0, 0.1) is 6.92 Å². The van der Waals surface area contributed by atoms with Gasteiger partial charge < -0.3 is 9.80 Å². The number of anilines is 1. The molecule has 1 atom stereocenters. The second-order valence-electron chi connectivity index (χ2n) is 6.56. The van der Waals surface area contributed by atoms with Crippen LogP contribution in [-0.4, -0.2) is 46.2 Å². The van der Waals surface area contributed by atoms with Gasteiger partial charge in [-0.15, -0.1) is 0 Å². The highest BCUT2D eigenvalue weighted by atomic mass is 16.2. The van der Waals surface area contributed by atoms with Gasteiger partial charge in [0, 0.05) is 46.0 Å². The van der Waals surface area contributed by atoms with E-state index in [4.69, 9.17) is 0 Å². The normalized spacial score (nSPS) is 17.3. The molecule has 6 nitrogen and oxygen atoms in total. The van der Waals surface area contributed by atoms with E-state index in [9.17, 15) is 4.79 Å². The zero-order valence-electron chi connectivity index (χ0n) is 14.6. The Morgan fingerprint density at radius 3 is 2.92 bits per heavy atom. The van der Waals surface area contributed by atoms with Gasteiger partial charge in [0.1, 0.15) is 5.82 Å². The molecule has 0 saturated carbocycles. The maximum atomic E-state index is 12.7. The van der Waals surface area contributed by atoms with Gasteiger partial charge in [-0.1, -0.05) is 0 Å². The number of likely N-dealkylation sites (tertiary alicyclic amines) is 1. The molecule has 1 aliphatic heterocycles. The number of nitrogens with zero attached hydrogens (tertiary/aromatic N) is 5. The Hall–Kier alpha value is -2.37. The van der Waals surface area contributed by atoms with Crippen LogP contribution in [0.4, 0.5) is 5.82 Å². The zero-order chi connectivity index (χ0) is 17.1. The number of pyridine rings is 1. The fraction of sp³-hybridized carbons (Fsp3) is 0.500. The van der Waals surface area contributed by atoms with E-state index in [1.165, 1.54) is 5.56 Å². The van der Waals surface area contributed by atoms with Crippen molar-refractivity contribution in [1.29, 1.82) is 0 Å². The number of hydrogen-bond acceptors (Lipinski definition) is 4. The first-order valence-corrected chi connectivity index (χ1v) is 8.47. The molecule has 24 heavy (non-hydrogen) atoms. The van der Waals surface area contributed by atoms with Crippen molar-refractivity contribution in [3.8, 4) is 0 Å². The van der Waals surface area contributed by atoms with E-state index in [0.29, 0.717) is 13.0 Å². The summed E-state index contributed by atoms with van der Waals surface area (Å²) in [5.74, 6) is 1.13. The third-order valence-electron chi connectivity index (χ3n) is 4.51. The van der Waals surface area contributed by atoms with Crippen LogP contribution in [-0.2, 0) is 11.3 Å². The largest absolute Gasteiger partial charge is 0.363 e. The second-order valence-corrected chi connectivity index (χ2v) is 6.56. The maximum absolute atomic E-state index is 12.7. The summed E-state index contributed by atoms with van der Waals surface area (Å²) in [6.07, 6.45) is 6.32. The molecule has 0 radical (unpaired) electrons. The first kappa shape index (κ1) is 16.5. The van der Waals surface area contributed by atoms with Crippen LogP contribution in [0.2, 0.25) is 0 Å².